The summed E-state index contributed by atoms with van der Waals surface area (Å²) in [6.45, 7) is 1.89. The summed E-state index contributed by atoms with van der Waals surface area (Å²) in [6, 6.07) is 4.02. The third-order valence-electron chi connectivity index (χ3n) is 2.20. The van der Waals surface area contributed by atoms with Gasteiger partial charge in [-0.15, -0.1) is 0 Å². The molecule has 0 aliphatic carbocycles. The molecule has 2 rings (SSSR count). The van der Waals surface area contributed by atoms with E-state index in [1.54, 1.807) is 0 Å². The number of rotatable bonds is 3. The molecule has 2 aromatic rings. The van der Waals surface area contributed by atoms with E-state index in [2.05, 4.69) is 10.1 Å². The second kappa shape index (κ2) is 4.38. The molecule has 0 spiro atoms. The number of halogens is 2. The Morgan fingerprint density at radius 3 is 2.81 bits per heavy atom. The van der Waals surface area contributed by atoms with E-state index in [-0.39, 0.29) is 12.0 Å². The fraction of sp³-hybridized carbons (Fsp3) is 0.273. The van der Waals surface area contributed by atoms with Gasteiger partial charge < -0.3 is 4.52 Å². The summed E-state index contributed by atoms with van der Waals surface area (Å²) in [5, 5.41) is 3.68. The van der Waals surface area contributed by atoms with Gasteiger partial charge in [0.05, 0.1) is 6.42 Å². The van der Waals surface area contributed by atoms with Crippen molar-refractivity contribution in [1.29, 1.82) is 0 Å². The fourth-order valence-corrected chi connectivity index (χ4v) is 1.35. The van der Waals surface area contributed by atoms with Crippen molar-refractivity contribution in [2.75, 3.05) is 0 Å². The lowest BCUT2D eigenvalue weighted by Gasteiger charge is -1.99. The van der Waals surface area contributed by atoms with E-state index >= 15 is 0 Å². The highest BCUT2D eigenvalue weighted by Gasteiger charge is 2.12. The summed E-state index contributed by atoms with van der Waals surface area (Å²) in [4.78, 5) is 4.03. The third kappa shape index (κ3) is 2.08. The van der Waals surface area contributed by atoms with Crippen LogP contribution < -0.4 is 0 Å². The maximum Gasteiger partial charge on any atom is 0.231 e. The highest BCUT2D eigenvalue weighted by Crippen LogP contribution is 2.14. The largest absolute Gasteiger partial charge is 0.339 e. The number of hydrogen-bond acceptors (Lipinski definition) is 3. The van der Waals surface area contributed by atoms with Crippen LogP contribution >= 0.6 is 0 Å². The zero-order valence-corrected chi connectivity index (χ0v) is 8.70. The number of aryl methyl sites for hydroxylation is 1. The molecule has 1 heterocycles. The minimum atomic E-state index is -0.868. The van der Waals surface area contributed by atoms with Crippen LogP contribution in [-0.2, 0) is 12.8 Å². The van der Waals surface area contributed by atoms with Crippen LogP contribution in [0.15, 0.2) is 22.7 Å². The molecule has 0 atom stereocenters. The molecule has 0 saturated carbocycles. The molecule has 0 N–H and O–H groups in total. The van der Waals surface area contributed by atoms with Gasteiger partial charge >= 0.3 is 0 Å². The first-order valence-electron chi connectivity index (χ1n) is 4.95. The van der Waals surface area contributed by atoms with Gasteiger partial charge in [-0.2, -0.15) is 4.98 Å². The van der Waals surface area contributed by atoms with Gasteiger partial charge in [0.25, 0.3) is 0 Å². The quantitative estimate of drug-likeness (QED) is 0.804. The van der Waals surface area contributed by atoms with Crippen molar-refractivity contribution < 1.29 is 13.3 Å². The Balaban J connectivity index is 2.23. The van der Waals surface area contributed by atoms with Gasteiger partial charge in [0.2, 0.25) is 5.89 Å². The van der Waals surface area contributed by atoms with Crippen molar-refractivity contribution in [2.45, 2.75) is 19.8 Å². The second-order valence-corrected chi connectivity index (χ2v) is 3.35. The van der Waals surface area contributed by atoms with Gasteiger partial charge in [0.15, 0.2) is 17.5 Å². The first-order valence-corrected chi connectivity index (χ1v) is 4.95. The molecule has 0 fully saturated rings. The molecule has 0 bridgehead atoms. The highest BCUT2D eigenvalue weighted by molar-refractivity contribution is 5.21. The molecule has 16 heavy (non-hydrogen) atoms. The van der Waals surface area contributed by atoms with Crippen LogP contribution in [0.25, 0.3) is 0 Å². The molecular weight excluding hydrogens is 214 g/mol. The molecule has 84 valence electrons. The first-order chi connectivity index (χ1) is 7.70. The van der Waals surface area contributed by atoms with E-state index in [0.29, 0.717) is 18.1 Å². The molecule has 1 aromatic carbocycles. The molecular formula is C11H10F2N2O. The highest BCUT2D eigenvalue weighted by atomic mass is 19.2. The maximum atomic E-state index is 13.3. The van der Waals surface area contributed by atoms with Gasteiger partial charge in [0.1, 0.15) is 0 Å². The topological polar surface area (TPSA) is 38.9 Å². The molecule has 0 aliphatic heterocycles. The maximum absolute atomic E-state index is 13.3. The third-order valence-corrected chi connectivity index (χ3v) is 2.20. The Hall–Kier alpha value is -1.78. The average Bonchev–Trinajstić information content (AvgIpc) is 2.73. The Morgan fingerprint density at radius 2 is 2.12 bits per heavy atom. The molecule has 0 aliphatic rings. The van der Waals surface area contributed by atoms with Crippen LogP contribution in [0.3, 0.4) is 0 Å². The summed E-state index contributed by atoms with van der Waals surface area (Å²) in [5.74, 6) is -0.875. The lowest BCUT2D eigenvalue weighted by atomic mass is 10.1. The lowest BCUT2D eigenvalue weighted by molar-refractivity contribution is 0.377. The van der Waals surface area contributed by atoms with Crippen LogP contribution in [0.5, 0.6) is 0 Å². The lowest BCUT2D eigenvalue weighted by Crippen LogP contribution is -1.96. The number of benzene rings is 1. The van der Waals surface area contributed by atoms with E-state index < -0.39 is 11.6 Å². The minimum Gasteiger partial charge on any atom is -0.339 e. The van der Waals surface area contributed by atoms with Crippen LogP contribution in [0.1, 0.15) is 24.2 Å². The summed E-state index contributed by atoms with van der Waals surface area (Å²) < 4.78 is 31.1. The predicted molar refractivity (Wildman–Crippen MR) is 52.8 cm³/mol. The molecule has 0 saturated heterocycles. The predicted octanol–water partition coefficient (Wildman–Crippen LogP) is 2.50. The number of hydrogen-bond donors (Lipinski definition) is 0. The Morgan fingerprint density at radius 1 is 1.31 bits per heavy atom. The fourth-order valence-electron chi connectivity index (χ4n) is 1.35. The van der Waals surface area contributed by atoms with Crippen molar-refractivity contribution >= 4 is 0 Å². The van der Waals surface area contributed by atoms with E-state index in [1.165, 1.54) is 12.1 Å². The van der Waals surface area contributed by atoms with Gasteiger partial charge in [-0.1, -0.05) is 24.2 Å². The van der Waals surface area contributed by atoms with Crippen molar-refractivity contribution in [2.24, 2.45) is 0 Å². The van der Waals surface area contributed by atoms with E-state index in [4.69, 9.17) is 4.52 Å². The Labute approximate surface area is 91.1 Å². The zero-order valence-electron chi connectivity index (χ0n) is 8.70. The molecule has 1 aromatic heterocycles. The Bertz CT molecular complexity index is 496. The molecule has 3 nitrogen and oxygen atoms in total. The normalized spacial score (nSPS) is 10.7. The molecule has 0 unspecified atom stereocenters. The van der Waals surface area contributed by atoms with Crippen molar-refractivity contribution in [1.82, 2.24) is 10.1 Å². The minimum absolute atomic E-state index is 0.108. The van der Waals surface area contributed by atoms with E-state index in [9.17, 15) is 8.78 Å². The smallest absolute Gasteiger partial charge is 0.231 e. The van der Waals surface area contributed by atoms with Crippen molar-refractivity contribution in [3.05, 3.63) is 47.1 Å². The van der Waals surface area contributed by atoms with Gasteiger partial charge in [-0.05, 0) is 6.07 Å². The second-order valence-electron chi connectivity index (χ2n) is 3.35. The van der Waals surface area contributed by atoms with Gasteiger partial charge in [-0.3, -0.25) is 0 Å². The van der Waals surface area contributed by atoms with Crippen molar-refractivity contribution in [3.63, 3.8) is 0 Å². The van der Waals surface area contributed by atoms with Crippen LogP contribution in [0.2, 0.25) is 0 Å². The van der Waals surface area contributed by atoms with Crippen LogP contribution in [0.4, 0.5) is 8.78 Å². The zero-order chi connectivity index (χ0) is 11.5. The van der Waals surface area contributed by atoms with Crippen LogP contribution in [-0.4, -0.2) is 10.1 Å². The number of aromatic nitrogens is 2. The summed E-state index contributed by atoms with van der Waals surface area (Å²) in [5.41, 5.74) is 0.214. The molecule has 0 amide bonds. The summed E-state index contributed by atoms with van der Waals surface area (Å²) in [6.07, 6.45) is 0.756. The molecule has 5 heteroatoms. The van der Waals surface area contributed by atoms with Gasteiger partial charge in [-0.25, -0.2) is 8.78 Å². The van der Waals surface area contributed by atoms with Crippen molar-refractivity contribution in [3.8, 4) is 0 Å². The monoisotopic (exact) mass is 224 g/mol. The Kier molecular flexibility index (Phi) is 2.94. The first kappa shape index (κ1) is 10.7. The standard InChI is InChI=1S/C11H10F2N2O/c1-2-9-14-10(16-15-9)6-7-4-3-5-8(12)11(7)13/h3-5H,2,6H2,1H3. The van der Waals surface area contributed by atoms with Gasteiger partial charge in [0, 0.05) is 12.0 Å². The number of nitrogens with zero attached hydrogens (tertiary/aromatic N) is 2. The summed E-state index contributed by atoms with van der Waals surface area (Å²) in [7, 11) is 0. The summed E-state index contributed by atoms with van der Waals surface area (Å²) >= 11 is 0. The van der Waals surface area contributed by atoms with Crippen LogP contribution in [0, 0.1) is 11.6 Å². The van der Waals surface area contributed by atoms with E-state index in [0.717, 1.165) is 6.07 Å². The van der Waals surface area contributed by atoms with E-state index in [1.807, 2.05) is 6.92 Å². The SMILES string of the molecule is CCc1noc(Cc2cccc(F)c2F)n1. The molecule has 0 radical (unpaired) electrons. The average molecular weight is 224 g/mol.